The van der Waals surface area contributed by atoms with E-state index in [4.69, 9.17) is 20.1 Å². The van der Waals surface area contributed by atoms with Gasteiger partial charge in [0.2, 0.25) is 0 Å². The fourth-order valence-corrected chi connectivity index (χ4v) is 18.5. The first-order valence-corrected chi connectivity index (χ1v) is 32.6. The predicted molar refractivity (Wildman–Crippen MR) is 308 cm³/mol. The Morgan fingerprint density at radius 1 is 0.458 bits per heavy atom. The lowest BCUT2D eigenvalue weighted by atomic mass is 9.49. The Kier molecular flexibility index (Phi) is 25.6. The Morgan fingerprint density at radius 3 is 1.33 bits per heavy atom. The molecule has 0 amide bonds. The lowest BCUT2D eigenvalue weighted by molar-refractivity contribution is -0.0330. The molecule has 0 heterocycles. The lowest BCUT2D eigenvalue weighted by Crippen LogP contribution is -2.48. The quantitative estimate of drug-likeness (QED) is 0.0630. The van der Waals surface area contributed by atoms with Crippen molar-refractivity contribution in [1.29, 1.82) is 0 Å². The van der Waals surface area contributed by atoms with E-state index in [1.807, 2.05) is 5.57 Å². The van der Waals surface area contributed by atoms with E-state index in [9.17, 15) is 0 Å². The minimum atomic E-state index is 0.305. The van der Waals surface area contributed by atoms with E-state index < -0.39 is 0 Å². The molecule has 8 aliphatic carbocycles. The molecule has 4 unspecified atom stereocenters. The van der Waals surface area contributed by atoms with Gasteiger partial charge in [0, 0.05) is 26.4 Å². The van der Waals surface area contributed by atoms with Crippen molar-refractivity contribution < 1.29 is 20.1 Å². The third kappa shape index (κ3) is 16.2. The molecule has 0 aliphatic heterocycles. The van der Waals surface area contributed by atoms with Gasteiger partial charge in [-0.3, -0.25) is 0 Å². The van der Waals surface area contributed by atoms with Crippen LogP contribution in [0.4, 0.5) is 0 Å². The molecule has 3 N–H and O–H groups in total. The van der Waals surface area contributed by atoms with E-state index >= 15 is 0 Å². The predicted octanol–water partition coefficient (Wildman–Crippen LogP) is 18.6. The maximum absolute atomic E-state index is 8.90. The van der Waals surface area contributed by atoms with Crippen molar-refractivity contribution in [2.75, 3.05) is 26.4 Å². The number of aliphatic hydroxyl groups is 3. The maximum Gasteiger partial charge on any atom is 0.0612 e. The monoisotopic (exact) mass is 1000 g/mol. The molecule has 0 radical (unpaired) electrons. The Bertz CT molecular complexity index is 1560. The zero-order chi connectivity index (χ0) is 51.7. The molecule has 418 valence electrons. The van der Waals surface area contributed by atoms with E-state index in [0.29, 0.717) is 36.8 Å². The molecular formula is C68H122O4. The fourth-order valence-electron chi connectivity index (χ4n) is 18.5. The molecule has 16 atom stereocenters. The summed E-state index contributed by atoms with van der Waals surface area (Å²) in [6.45, 7) is 24.4. The Labute approximate surface area is 447 Å². The van der Waals surface area contributed by atoms with Crippen molar-refractivity contribution in [3.05, 3.63) is 23.3 Å². The Morgan fingerprint density at radius 2 is 0.875 bits per heavy atom. The summed E-state index contributed by atoms with van der Waals surface area (Å²) in [6, 6.07) is 0. The summed E-state index contributed by atoms with van der Waals surface area (Å²) in [5, 5.41) is 25.6. The lowest BCUT2D eigenvalue weighted by Gasteiger charge is -2.55. The summed E-state index contributed by atoms with van der Waals surface area (Å²) >= 11 is 0. The molecule has 0 saturated heterocycles. The highest BCUT2D eigenvalue weighted by atomic mass is 16.5. The van der Waals surface area contributed by atoms with Crippen LogP contribution < -0.4 is 0 Å². The van der Waals surface area contributed by atoms with E-state index in [1.54, 1.807) is 31.3 Å². The molecule has 0 bridgehead atoms. The minimum absolute atomic E-state index is 0.305. The van der Waals surface area contributed by atoms with Gasteiger partial charge in [0.1, 0.15) is 0 Å². The van der Waals surface area contributed by atoms with Crippen LogP contribution in [0.15, 0.2) is 23.3 Å². The third-order valence-corrected chi connectivity index (χ3v) is 22.7. The molecule has 4 nitrogen and oxygen atoms in total. The number of allylic oxidation sites excluding steroid dienone is 3. The molecule has 6 saturated carbocycles. The van der Waals surface area contributed by atoms with Gasteiger partial charge in [-0.2, -0.15) is 0 Å². The van der Waals surface area contributed by atoms with Crippen LogP contribution in [0.2, 0.25) is 0 Å². The van der Waals surface area contributed by atoms with Crippen molar-refractivity contribution >= 4 is 0 Å². The fraction of sp³-hybridized carbons (Fsp3) is 0.941. The standard InChI is InChI=1S/C34H60O2.C27H46.C7H16O2/c1-25(2)12-11-13-26(3)29-16-17-31-30(29)18-19-33-32(31)15-14-27-24-28(20-21-34(27,33)4)36-23-10-8-6-5-7-9-22-35;1-18(2)7-6-8-20(4)22-11-12-24-23(22)13-14-26-25(24)10-9-21-17-19(3)15-16-27(21,26)5;8-6-4-2-1-3-5-7-9/h14,25-26,28-33,35H,5-13,15-24H2,1-4H3;9,18-20,22-26H,6-8,10-17H2,1-5H3;8-9H,1-7H2/t26-,28+,29-,30-,31?,32+,33?,34+;19-,20+,22+,23+,24?,25-,26?,27-;/m10./s1. The van der Waals surface area contributed by atoms with Crippen molar-refractivity contribution in [2.45, 2.75) is 280 Å². The van der Waals surface area contributed by atoms with Crippen LogP contribution in [-0.4, -0.2) is 47.9 Å². The minimum Gasteiger partial charge on any atom is -0.396 e. The smallest absolute Gasteiger partial charge is 0.0612 e. The summed E-state index contributed by atoms with van der Waals surface area (Å²) in [5.74, 6) is 14.8. The van der Waals surface area contributed by atoms with Gasteiger partial charge in [-0.05, 0) is 228 Å². The topological polar surface area (TPSA) is 69.9 Å². The van der Waals surface area contributed by atoms with Gasteiger partial charge in [0.15, 0.2) is 0 Å². The molecule has 72 heavy (non-hydrogen) atoms. The van der Waals surface area contributed by atoms with Crippen molar-refractivity contribution in [1.82, 2.24) is 0 Å². The van der Waals surface area contributed by atoms with Gasteiger partial charge in [-0.15, -0.1) is 0 Å². The molecule has 0 aromatic heterocycles. The van der Waals surface area contributed by atoms with Gasteiger partial charge in [0.05, 0.1) is 6.10 Å². The van der Waals surface area contributed by atoms with E-state index in [0.717, 1.165) is 134 Å². The van der Waals surface area contributed by atoms with Crippen LogP contribution in [0, 0.1) is 99.6 Å². The highest BCUT2D eigenvalue weighted by molar-refractivity contribution is 5.26. The highest BCUT2D eigenvalue weighted by Gasteiger charge is 2.56. The molecule has 4 heteroatoms. The first-order chi connectivity index (χ1) is 34.7. The number of aliphatic hydroxyl groups excluding tert-OH is 3. The molecule has 8 aliphatic rings. The normalized spacial score (nSPS) is 36.5. The molecular weight excluding hydrogens is 881 g/mol. The second-order valence-electron chi connectivity index (χ2n) is 28.3. The molecule has 6 fully saturated rings. The average molecular weight is 1000 g/mol. The van der Waals surface area contributed by atoms with Crippen LogP contribution in [0.1, 0.15) is 274 Å². The average Bonchev–Trinajstić information content (AvgIpc) is 4.01. The molecule has 0 aromatic carbocycles. The van der Waals surface area contributed by atoms with Crippen molar-refractivity contribution in [3.8, 4) is 0 Å². The summed E-state index contributed by atoms with van der Waals surface area (Å²) in [5.41, 5.74) is 4.68. The van der Waals surface area contributed by atoms with Crippen LogP contribution in [0.25, 0.3) is 0 Å². The number of rotatable bonds is 25. The van der Waals surface area contributed by atoms with E-state index in [-0.39, 0.29) is 0 Å². The molecule has 0 spiro atoms. The van der Waals surface area contributed by atoms with Crippen LogP contribution >= 0.6 is 0 Å². The molecule has 0 aromatic rings. The molecule has 8 rings (SSSR count). The number of hydrogen-bond donors (Lipinski definition) is 3. The van der Waals surface area contributed by atoms with Crippen molar-refractivity contribution in [3.63, 3.8) is 0 Å². The van der Waals surface area contributed by atoms with Gasteiger partial charge in [-0.1, -0.05) is 169 Å². The van der Waals surface area contributed by atoms with Crippen molar-refractivity contribution in [2.24, 2.45) is 99.6 Å². The third-order valence-electron chi connectivity index (χ3n) is 22.7. The van der Waals surface area contributed by atoms with Gasteiger partial charge < -0.3 is 20.1 Å². The number of ether oxygens (including phenoxy) is 1. The van der Waals surface area contributed by atoms with Gasteiger partial charge in [0.25, 0.3) is 0 Å². The van der Waals surface area contributed by atoms with Crippen LogP contribution in [-0.2, 0) is 4.74 Å². The number of hydrogen-bond acceptors (Lipinski definition) is 4. The SMILES string of the molecule is CC(C)CCC[C@@H](C)[C@H]1CCC2[C@@H]3CC=C4C[C@@H](C)CC[C@]4(C)C3CC[C@@H]21.CC(C)CCC[C@@H](C)[C@H]1CCC2[C@@H]3CC=C4C[C@@H](OCCCCCCCCO)CC[C@]4(C)C3CC[C@@H]21.OCCCCCCCO. The summed E-state index contributed by atoms with van der Waals surface area (Å²) in [7, 11) is 0. The maximum atomic E-state index is 8.90. The zero-order valence-corrected chi connectivity index (χ0v) is 49.3. The highest BCUT2D eigenvalue weighted by Crippen LogP contribution is 2.65. The first kappa shape index (κ1) is 60.5. The van der Waals surface area contributed by atoms with Gasteiger partial charge >= 0.3 is 0 Å². The number of unbranched alkanes of at least 4 members (excludes halogenated alkanes) is 9. The summed E-state index contributed by atoms with van der Waals surface area (Å²) in [6.07, 6.45) is 50.2. The largest absolute Gasteiger partial charge is 0.396 e. The second kappa shape index (κ2) is 30.5. The van der Waals surface area contributed by atoms with Crippen LogP contribution in [0.5, 0.6) is 0 Å². The van der Waals surface area contributed by atoms with Gasteiger partial charge in [-0.25, -0.2) is 0 Å². The Balaban J connectivity index is 0.000000206. The first-order valence-electron chi connectivity index (χ1n) is 32.6. The van der Waals surface area contributed by atoms with E-state index in [2.05, 4.69) is 74.5 Å². The number of fused-ring (bicyclic) bond motifs is 10. The van der Waals surface area contributed by atoms with E-state index in [1.165, 1.54) is 148 Å². The zero-order valence-electron chi connectivity index (χ0n) is 49.3. The summed E-state index contributed by atoms with van der Waals surface area (Å²) < 4.78 is 6.42. The van der Waals surface area contributed by atoms with Crippen LogP contribution in [0.3, 0.4) is 0 Å². The second-order valence-corrected chi connectivity index (χ2v) is 28.3. The Hall–Kier alpha value is -0.680. The summed E-state index contributed by atoms with van der Waals surface area (Å²) in [4.78, 5) is 0.